The molecule has 0 saturated carbocycles. The van der Waals surface area contributed by atoms with E-state index in [1.165, 1.54) is 12.1 Å². The summed E-state index contributed by atoms with van der Waals surface area (Å²) >= 11 is 0. The van der Waals surface area contributed by atoms with Crippen molar-refractivity contribution in [3.05, 3.63) is 65.7 Å². The van der Waals surface area contributed by atoms with Gasteiger partial charge in [-0.05, 0) is 29.8 Å². The highest BCUT2D eigenvalue weighted by Crippen LogP contribution is 2.45. The third kappa shape index (κ3) is 2.22. The minimum absolute atomic E-state index is 0.00661. The Labute approximate surface area is 133 Å². The van der Waals surface area contributed by atoms with Crippen molar-refractivity contribution in [1.82, 2.24) is 20.7 Å². The van der Waals surface area contributed by atoms with Gasteiger partial charge in [-0.25, -0.2) is 15.2 Å². The molecular formula is C17H17FN4O. The van der Waals surface area contributed by atoms with Crippen molar-refractivity contribution in [2.45, 2.75) is 18.1 Å². The highest BCUT2D eigenvalue weighted by Gasteiger charge is 2.54. The van der Waals surface area contributed by atoms with Crippen molar-refractivity contribution >= 4 is 5.91 Å². The largest absolute Gasteiger partial charge is 0.335 e. The maximum atomic E-state index is 13.2. The van der Waals surface area contributed by atoms with E-state index in [-0.39, 0.29) is 35.8 Å². The molecule has 1 aromatic carbocycles. The summed E-state index contributed by atoms with van der Waals surface area (Å²) in [4.78, 5) is 18.7. The number of hydrazine groups is 1. The van der Waals surface area contributed by atoms with Crippen LogP contribution in [0.25, 0.3) is 0 Å². The first-order valence-corrected chi connectivity index (χ1v) is 7.61. The summed E-state index contributed by atoms with van der Waals surface area (Å²) < 4.78 is 13.2. The van der Waals surface area contributed by atoms with Gasteiger partial charge in [0.05, 0.1) is 17.8 Å². The lowest BCUT2D eigenvalue weighted by Crippen LogP contribution is -2.40. The fourth-order valence-corrected chi connectivity index (χ4v) is 3.69. The summed E-state index contributed by atoms with van der Waals surface area (Å²) in [6.07, 6.45) is 1.74. The van der Waals surface area contributed by atoms with Crippen LogP contribution in [0.1, 0.15) is 23.3 Å². The molecule has 0 radical (unpaired) electrons. The predicted octanol–water partition coefficient (Wildman–Crippen LogP) is 1.57. The summed E-state index contributed by atoms with van der Waals surface area (Å²) in [5.74, 6) is -0.229. The lowest BCUT2D eigenvalue weighted by Gasteiger charge is -2.27. The number of nitrogens with one attached hydrogen (secondary N) is 2. The second kappa shape index (κ2) is 5.40. The third-order valence-electron chi connectivity index (χ3n) is 4.78. The Morgan fingerprint density at radius 1 is 1.09 bits per heavy atom. The molecule has 2 saturated heterocycles. The Hall–Kier alpha value is -2.31. The van der Waals surface area contributed by atoms with Gasteiger partial charge in [-0.3, -0.25) is 9.78 Å². The van der Waals surface area contributed by atoms with E-state index >= 15 is 0 Å². The number of amides is 1. The summed E-state index contributed by atoms with van der Waals surface area (Å²) in [5.41, 5.74) is 8.12. The number of halogens is 1. The first-order valence-electron chi connectivity index (χ1n) is 7.61. The van der Waals surface area contributed by atoms with Crippen molar-refractivity contribution in [2.24, 2.45) is 5.92 Å². The van der Waals surface area contributed by atoms with Gasteiger partial charge in [0.15, 0.2) is 0 Å². The number of benzene rings is 1. The fraction of sp³-hybridized carbons (Fsp3) is 0.294. The summed E-state index contributed by atoms with van der Waals surface area (Å²) in [6.45, 7) is 0. The molecule has 0 bridgehead atoms. The molecule has 5 nitrogen and oxygen atoms in total. The van der Waals surface area contributed by atoms with Crippen LogP contribution >= 0.6 is 0 Å². The number of hydrogen-bond acceptors (Lipinski definition) is 4. The quantitative estimate of drug-likeness (QED) is 0.884. The Morgan fingerprint density at radius 2 is 1.83 bits per heavy atom. The molecule has 4 atom stereocenters. The first kappa shape index (κ1) is 14.3. The van der Waals surface area contributed by atoms with E-state index in [1.54, 1.807) is 23.2 Å². The minimum atomic E-state index is -0.304. The monoisotopic (exact) mass is 312 g/mol. The maximum absolute atomic E-state index is 13.2. The smallest absolute Gasteiger partial charge is 0.241 e. The Morgan fingerprint density at radius 3 is 2.52 bits per heavy atom. The molecular weight excluding hydrogens is 295 g/mol. The van der Waals surface area contributed by atoms with Crippen molar-refractivity contribution in [3.63, 3.8) is 0 Å². The van der Waals surface area contributed by atoms with E-state index in [2.05, 4.69) is 15.8 Å². The normalized spacial score (nSPS) is 29.8. The van der Waals surface area contributed by atoms with E-state index in [4.69, 9.17) is 0 Å². The molecule has 6 heteroatoms. The number of likely N-dealkylation sites (N-methyl/N-ethyl adjacent to an activating group) is 1. The van der Waals surface area contributed by atoms with E-state index in [0.717, 1.165) is 11.3 Å². The number of pyridine rings is 1. The molecule has 0 aliphatic carbocycles. The summed E-state index contributed by atoms with van der Waals surface area (Å²) in [6, 6.07) is 11.6. The van der Waals surface area contributed by atoms with E-state index in [1.807, 2.05) is 25.2 Å². The van der Waals surface area contributed by atoms with Gasteiger partial charge in [0.2, 0.25) is 5.91 Å². The zero-order valence-corrected chi connectivity index (χ0v) is 12.6. The number of carbonyl (C=O) groups is 1. The second-order valence-electron chi connectivity index (χ2n) is 6.02. The Bertz CT molecular complexity index is 721. The van der Waals surface area contributed by atoms with Crippen molar-refractivity contribution in [1.29, 1.82) is 0 Å². The Balaban J connectivity index is 1.74. The number of fused-ring (bicyclic) bond motifs is 1. The van der Waals surface area contributed by atoms with Crippen LogP contribution in [0.15, 0.2) is 48.7 Å². The van der Waals surface area contributed by atoms with Crippen LogP contribution in [0.2, 0.25) is 0 Å². The summed E-state index contributed by atoms with van der Waals surface area (Å²) in [7, 11) is 1.81. The van der Waals surface area contributed by atoms with Crippen LogP contribution in [0.4, 0.5) is 4.39 Å². The first-order chi connectivity index (χ1) is 11.2. The van der Waals surface area contributed by atoms with Crippen LogP contribution in [0, 0.1) is 11.7 Å². The van der Waals surface area contributed by atoms with Crippen molar-refractivity contribution < 1.29 is 9.18 Å². The van der Waals surface area contributed by atoms with Crippen molar-refractivity contribution in [2.75, 3.05) is 7.05 Å². The highest BCUT2D eigenvalue weighted by atomic mass is 19.1. The lowest BCUT2D eigenvalue weighted by atomic mass is 9.85. The van der Waals surface area contributed by atoms with Crippen LogP contribution in [-0.4, -0.2) is 28.9 Å². The SMILES string of the molecule is CN1C(=O)C2NNC(c3ccc(F)cc3)C2C1c1ccccn1. The number of rotatable bonds is 2. The molecule has 4 unspecified atom stereocenters. The van der Waals surface area contributed by atoms with Gasteiger partial charge in [-0.1, -0.05) is 18.2 Å². The Kier molecular flexibility index (Phi) is 3.36. The van der Waals surface area contributed by atoms with Crippen LogP contribution in [0.3, 0.4) is 0 Å². The summed E-state index contributed by atoms with van der Waals surface area (Å²) in [5, 5.41) is 0. The topological polar surface area (TPSA) is 57.3 Å². The molecule has 0 spiro atoms. The van der Waals surface area contributed by atoms with Crippen LogP contribution < -0.4 is 10.9 Å². The van der Waals surface area contributed by atoms with Crippen LogP contribution in [-0.2, 0) is 4.79 Å². The molecule has 2 aliphatic rings. The molecule has 4 rings (SSSR count). The number of hydrogen-bond donors (Lipinski definition) is 2. The number of nitrogens with zero attached hydrogens (tertiary/aromatic N) is 2. The molecule has 2 N–H and O–H groups in total. The molecule has 118 valence electrons. The second-order valence-corrected chi connectivity index (χ2v) is 6.02. The standard InChI is InChI=1S/C17H17FN4O/c1-22-16(12-4-2-3-9-19-12)13-14(20-21-15(13)17(22)23)10-5-7-11(18)8-6-10/h2-9,13-16,20-21H,1H3. The van der Waals surface area contributed by atoms with Gasteiger partial charge in [0.25, 0.3) is 0 Å². The van der Waals surface area contributed by atoms with Gasteiger partial charge in [0.1, 0.15) is 11.9 Å². The van der Waals surface area contributed by atoms with Gasteiger partial charge in [-0.15, -0.1) is 0 Å². The zero-order chi connectivity index (χ0) is 16.0. The maximum Gasteiger partial charge on any atom is 0.241 e. The minimum Gasteiger partial charge on any atom is -0.335 e. The zero-order valence-electron chi connectivity index (χ0n) is 12.6. The lowest BCUT2D eigenvalue weighted by molar-refractivity contribution is -0.129. The average molecular weight is 312 g/mol. The van der Waals surface area contributed by atoms with Gasteiger partial charge >= 0.3 is 0 Å². The molecule has 2 aromatic rings. The van der Waals surface area contributed by atoms with Gasteiger partial charge in [0, 0.05) is 19.2 Å². The molecule has 2 aliphatic heterocycles. The molecule has 3 heterocycles. The number of aromatic nitrogens is 1. The van der Waals surface area contributed by atoms with E-state index in [9.17, 15) is 9.18 Å². The molecule has 23 heavy (non-hydrogen) atoms. The van der Waals surface area contributed by atoms with Gasteiger partial charge in [-0.2, -0.15) is 0 Å². The van der Waals surface area contributed by atoms with Gasteiger partial charge < -0.3 is 4.90 Å². The molecule has 1 amide bonds. The number of likely N-dealkylation sites (tertiary alicyclic amines) is 1. The average Bonchev–Trinajstić information content (AvgIpc) is 3.10. The molecule has 2 fully saturated rings. The van der Waals surface area contributed by atoms with E-state index in [0.29, 0.717) is 0 Å². The fourth-order valence-electron chi connectivity index (χ4n) is 3.69. The van der Waals surface area contributed by atoms with Crippen molar-refractivity contribution in [3.8, 4) is 0 Å². The third-order valence-corrected chi connectivity index (χ3v) is 4.78. The molecule has 1 aromatic heterocycles. The number of carbonyl (C=O) groups excluding carboxylic acids is 1. The highest BCUT2D eigenvalue weighted by molar-refractivity contribution is 5.85. The predicted molar refractivity (Wildman–Crippen MR) is 82.4 cm³/mol. The van der Waals surface area contributed by atoms with Crippen LogP contribution in [0.5, 0.6) is 0 Å². The van der Waals surface area contributed by atoms with E-state index < -0.39 is 0 Å².